The van der Waals surface area contributed by atoms with Gasteiger partial charge in [-0.05, 0) is 19.1 Å². The number of aryl methyl sites for hydroxylation is 2. The number of nitrogens with one attached hydrogen (secondary N) is 1. The average Bonchev–Trinajstić information content (AvgIpc) is 3.00. The van der Waals surface area contributed by atoms with E-state index in [-0.39, 0.29) is 18.3 Å². The molecule has 104 valence electrons. The fraction of sp³-hybridized carbons (Fsp3) is 0.286. The largest absolute Gasteiger partial charge is 0.436 e. The molecule has 2 rings (SSSR count). The van der Waals surface area contributed by atoms with Gasteiger partial charge >= 0.3 is 0 Å². The van der Waals surface area contributed by atoms with Crippen LogP contribution in [0.5, 0.6) is 0 Å². The zero-order valence-electron chi connectivity index (χ0n) is 11.2. The highest BCUT2D eigenvalue weighted by Gasteiger charge is 2.15. The zero-order chi connectivity index (χ0) is 14.5. The number of thiophene rings is 1. The maximum atomic E-state index is 11.9. The van der Waals surface area contributed by atoms with Crippen molar-refractivity contribution in [2.45, 2.75) is 20.4 Å². The number of oxazole rings is 1. The summed E-state index contributed by atoms with van der Waals surface area (Å²) in [5.74, 6) is 5.86. The van der Waals surface area contributed by atoms with Crippen molar-refractivity contribution >= 4 is 17.2 Å². The first kappa shape index (κ1) is 14.3. The number of aliphatic hydroxyl groups is 1. The van der Waals surface area contributed by atoms with Crippen LogP contribution >= 0.6 is 11.3 Å². The van der Waals surface area contributed by atoms with Crippen LogP contribution in [0.4, 0.5) is 0 Å². The molecule has 0 unspecified atom stereocenters. The Hall–Kier alpha value is -2.10. The molecule has 20 heavy (non-hydrogen) atoms. The minimum absolute atomic E-state index is 0.159. The van der Waals surface area contributed by atoms with Crippen LogP contribution < -0.4 is 5.32 Å². The first-order valence-corrected chi connectivity index (χ1v) is 6.82. The van der Waals surface area contributed by atoms with E-state index in [1.165, 1.54) is 11.3 Å². The number of carbonyl (C=O) groups is 1. The fourth-order valence-electron chi connectivity index (χ4n) is 1.66. The molecule has 2 heterocycles. The predicted molar refractivity (Wildman–Crippen MR) is 75.4 cm³/mol. The maximum Gasteiger partial charge on any atom is 0.289 e. The summed E-state index contributed by atoms with van der Waals surface area (Å²) in [6, 6.07) is 3.75. The van der Waals surface area contributed by atoms with Gasteiger partial charge in [0.15, 0.2) is 5.89 Å². The number of aliphatic hydroxyl groups excluding tert-OH is 1. The summed E-state index contributed by atoms with van der Waals surface area (Å²) >= 11 is 1.47. The fourth-order valence-corrected chi connectivity index (χ4v) is 2.48. The van der Waals surface area contributed by atoms with Crippen LogP contribution in [0.3, 0.4) is 0 Å². The molecule has 2 N–H and O–H groups in total. The third-order valence-corrected chi connectivity index (χ3v) is 3.49. The monoisotopic (exact) mass is 290 g/mol. The summed E-state index contributed by atoms with van der Waals surface area (Å²) in [4.78, 5) is 17.8. The molecule has 0 saturated heterocycles. The van der Waals surface area contributed by atoms with Gasteiger partial charge < -0.3 is 14.8 Å². The quantitative estimate of drug-likeness (QED) is 0.842. The minimum atomic E-state index is -0.278. The second-order valence-corrected chi connectivity index (χ2v) is 5.22. The van der Waals surface area contributed by atoms with Gasteiger partial charge in [-0.2, -0.15) is 0 Å². The smallest absolute Gasteiger partial charge is 0.289 e. The third-order valence-electron chi connectivity index (χ3n) is 2.49. The highest BCUT2D eigenvalue weighted by atomic mass is 32.1. The number of amides is 1. The van der Waals surface area contributed by atoms with Crippen LogP contribution in [-0.2, 0) is 6.54 Å². The molecule has 0 radical (unpaired) electrons. The van der Waals surface area contributed by atoms with Crippen LogP contribution in [-0.4, -0.2) is 22.6 Å². The Bertz CT molecular complexity index is 676. The van der Waals surface area contributed by atoms with Crippen molar-refractivity contribution in [2.24, 2.45) is 0 Å². The predicted octanol–water partition coefficient (Wildman–Crippen LogP) is 1.63. The second kappa shape index (κ2) is 6.37. The van der Waals surface area contributed by atoms with Crippen LogP contribution in [0.15, 0.2) is 16.5 Å². The molecule has 6 heteroatoms. The van der Waals surface area contributed by atoms with Gasteiger partial charge in [0, 0.05) is 11.8 Å². The van der Waals surface area contributed by atoms with E-state index < -0.39 is 0 Å². The molecule has 5 nitrogen and oxygen atoms in total. The minimum Gasteiger partial charge on any atom is -0.436 e. The summed E-state index contributed by atoms with van der Waals surface area (Å²) in [6.07, 6.45) is 0. The molecule has 0 aliphatic rings. The van der Waals surface area contributed by atoms with E-state index in [9.17, 15) is 4.79 Å². The molecular formula is C14H14N2O3S. The van der Waals surface area contributed by atoms with Gasteiger partial charge in [-0.1, -0.05) is 11.8 Å². The lowest BCUT2D eigenvalue weighted by Crippen LogP contribution is -2.22. The molecule has 2 aromatic heterocycles. The number of nitrogens with zero attached hydrogens (tertiary/aromatic N) is 1. The molecule has 0 atom stereocenters. The summed E-state index contributed by atoms with van der Waals surface area (Å²) in [5.41, 5.74) is 0.584. The van der Waals surface area contributed by atoms with Crippen molar-refractivity contribution in [2.75, 3.05) is 6.61 Å². The van der Waals surface area contributed by atoms with Gasteiger partial charge in [-0.25, -0.2) is 4.98 Å². The van der Waals surface area contributed by atoms with Crippen molar-refractivity contribution in [3.63, 3.8) is 0 Å². The van der Waals surface area contributed by atoms with E-state index in [1.807, 2.05) is 12.1 Å². The highest BCUT2D eigenvalue weighted by Crippen LogP contribution is 2.15. The molecule has 0 aliphatic heterocycles. The Labute approximate surface area is 120 Å². The maximum absolute atomic E-state index is 11.9. The van der Waals surface area contributed by atoms with Gasteiger partial charge in [-0.3, -0.25) is 4.79 Å². The van der Waals surface area contributed by atoms with Crippen molar-refractivity contribution in [1.29, 1.82) is 0 Å². The van der Waals surface area contributed by atoms with E-state index in [4.69, 9.17) is 9.52 Å². The Morgan fingerprint density at radius 3 is 2.95 bits per heavy atom. The zero-order valence-corrected chi connectivity index (χ0v) is 12.0. The van der Waals surface area contributed by atoms with Crippen LogP contribution in [0, 0.1) is 25.7 Å². The lowest BCUT2D eigenvalue weighted by atomic mass is 10.3. The third kappa shape index (κ3) is 3.47. The molecular weight excluding hydrogens is 276 g/mol. The van der Waals surface area contributed by atoms with Crippen molar-refractivity contribution in [3.05, 3.63) is 39.2 Å². The Morgan fingerprint density at radius 1 is 1.50 bits per heavy atom. The first-order chi connectivity index (χ1) is 9.60. The molecule has 0 spiro atoms. The summed E-state index contributed by atoms with van der Waals surface area (Å²) in [5, 5.41) is 11.4. The van der Waals surface area contributed by atoms with E-state index in [2.05, 4.69) is 22.1 Å². The summed E-state index contributed by atoms with van der Waals surface area (Å²) in [7, 11) is 0. The van der Waals surface area contributed by atoms with Gasteiger partial charge in [-0.15, -0.1) is 11.3 Å². The topological polar surface area (TPSA) is 75.4 Å². The van der Waals surface area contributed by atoms with Crippen LogP contribution in [0.1, 0.15) is 31.9 Å². The van der Waals surface area contributed by atoms with Crippen LogP contribution in [0.2, 0.25) is 0 Å². The standard InChI is InChI=1S/C14H14N2O3S/c1-9-13(19-10(2)16-9)14(18)15-8-12-6-5-11(20-12)4-3-7-17/h5-6,17H,7-8H2,1-2H3,(H,15,18). The summed E-state index contributed by atoms with van der Waals surface area (Å²) < 4.78 is 5.25. The first-order valence-electron chi connectivity index (χ1n) is 6.01. The Balaban J connectivity index is 1.96. The van der Waals surface area contributed by atoms with E-state index >= 15 is 0 Å². The molecule has 0 fully saturated rings. The molecule has 0 aromatic carbocycles. The summed E-state index contributed by atoms with van der Waals surface area (Å²) in [6.45, 7) is 3.69. The molecule has 0 bridgehead atoms. The van der Waals surface area contributed by atoms with Crippen molar-refractivity contribution in [3.8, 4) is 11.8 Å². The lowest BCUT2D eigenvalue weighted by Gasteiger charge is -2.00. The van der Waals surface area contributed by atoms with Crippen molar-refractivity contribution in [1.82, 2.24) is 10.3 Å². The van der Waals surface area contributed by atoms with Crippen LogP contribution in [0.25, 0.3) is 0 Å². The number of rotatable bonds is 3. The average molecular weight is 290 g/mol. The van der Waals surface area contributed by atoms with Gasteiger partial charge in [0.05, 0.1) is 17.1 Å². The normalized spacial score (nSPS) is 9.95. The van der Waals surface area contributed by atoms with Gasteiger partial charge in [0.25, 0.3) is 5.91 Å². The number of carbonyl (C=O) groups excluding carboxylic acids is 1. The Morgan fingerprint density at radius 2 is 2.30 bits per heavy atom. The van der Waals surface area contributed by atoms with Gasteiger partial charge in [0.1, 0.15) is 6.61 Å². The molecule has 2 aromatic rings. The highest BCUT2D eigenvalue weighted by molar-refractivity contribution is 7.12. The van der Waals surface area contributed by atoms with Crippen molar-refractivity contribution < 1.29 is 14.3 Å². The molecule has 0 saturated carbocycles. The Kier molecular flexibility index (Phi) is 4.56. The number of hydrogen-bond acceptors (Lipinski definition) is 5. The molecule has 0 aliphatic carbocycles. The number of aromatic nitrogens is 1. The SMILES string of the molecule is Cc1nc(C)c(C(=O)NCc2ccc(C#CCO)s2)o1. The van der Waals surface area contributed by atoms with E-state index in [1.54, 1.807) is 13.8 Å². The van der Waals surface area contributed by atoms with Gasteiger partial charge in [0.2, 0.25) is 5.76 Å². The second-order valence-electron chi connectivity index (χ2n) is 4.06. The lowest BCUT2D eigenvalue weighted by molar-refractivity contribution is 0.0921. The van der Waals surface area contributed by atoms with E-state index in [0.29, 0.717) is 18.1 Å². The number of hydrogen-bond donors (Lipinski definition) is 2. The molecule has 1 amide bonds. The van der Waals surface area contributed by atoms with E-state index in [0.717, 1.165) is 9.75 Å².